The van der Waals surface area contributed by atoms with Crippen molar-refractivity contribution in [3.8, 4) is 0 Å². The second kappa shape index (κ2) is 7.29. The number of hydrogen-bond donors (Lipinski definition) is 2. The maximum absolute atomic E-state index is 12.3. The van der Waals surface area contributed by atoms with E-state index in [1.165, 1.54) is 12.8 Å². The van der Waals surface area contributed by atoms with Crippen molar-refractivity contribution >= 4 is 6.03 Å². The van der Waals surface area contributed by atoms with E-state index in [0.717, 1.165) is 18.4 Å². The van der Waals surface area contributed by atoms with E-state index < -0.39 is 0 Å². The Morgan fingerprint density at radius 2 is 2.00 bits per heavy atom. The summed E-state index contributed by atoms with van der Waals surface area (Å²) in [5.74, 6) is 0.441. The van der Waals surface area contributed by atoms with Gasteiger partial charge >= 0.3 is 6.03 Å². The molecule has 4 heteroatoms. The molecule has 2 amide bonds. The SMILES string of the molecule is CN(C(=O)NCc1ccccc1)C1CCCCC1CN. The molecular formula is C16H25N3O. The van der Waals surface area contributed by atoms with E-state index in [4.69, 9.17) is 5.73 Å². The molecule has 1 aromatic carbocycles. The van der Waals surface area contributed by atoms with Crippen molar-refractivity contribution in [2.45, 2.75) is 38.3 Å². The van der Waals surface area contributed by atoms with E-state index in [2.05, 4.69) is 5.32 Å². The van der Waals surface area contributed by atoms with Crippen LogP contribution in [0.5, 0.6) is 0 Å². The van der Waals surface area contributed by atoms with Crippen LogP contribution in [0.1, 0.15) is 31.2 Å². The van der Waals surface area contributed by atoms with Crippen LogP contribution in [0.25, 0.3) is 0 Å². The van der Waals surface area contributed by atoms with Crippen LogP contribution in [0.2, 0.25) is 0 Å². The number of carbonyl (C=O) groups excluding carboxylic acids is 1. The lowest BCUT2D eigenvalue weighted by atomic mass is 9.84. The van der Waals surface area contributed by atoms with Crippen molar-refractivity contribution in [1.29, 1.82) is 0 Å². The number of hydrogen-bond acceptors (Lipinski definition) is 2. The van der Waals surface area contributed by atoms with Crippen LogP contribution in [0.15, 0.2) is 30.3 Å². The molecule has 0 aliphatic heterocycles. The molecular weight excluding hydrogens is 250 g/mol. The Bertz CT molecular complexity index is 421. The first kappa shape index (κ1) is 14.9. The third-order valence-electron chi connectivity index (χ3n) is 4.28. The number of benzene rings is 1. The highest BCUT2D eigenvalue weighted by molar-refractivity contribution is 5.74. The predicted octanol–water partition coefficient (Wildman–Crippen LogP) is 2.35. The van der Waals surface area contributed by atoms with Gasteiger partial charge in [0.15, 0.2) is 0 Å². The monoisotopic (exact) mass is 275 g/mol. The lowest BCUT2D eigenvalue weighted by Gasteiger charge is -2.37. The summed E-state index contributed by atoms with van der Waals surface area (Å²) in [7, 11) is 1.89. The largest absolute Gasteiger partial charge is 0.334 e. The predicted molar refractivity (Wildman–Crippen MR) is 81.2 cm³/mol. The fourth-order valence-corrected chi connectivity index (χ4v) is 3.02. The molecule has 1 fully saturated rings. The van der Waals surface area contributed by atoms with Crippen LogP contribution < -0.4 is 11.1 Å². The molecule has 20 heavy (non-hydrogen) atoms. The first-order valence-electron chi connectivity index (χ1n) is 7.47. The van der Waals surface area contributed by atoms with E-state index >= 15 is 0 Å². The minimum atomic E-state index is -0.000738. The number of nitrogens with zero attached hydrogens (tertiary/aromatic N) is 1. The zero-order valence-corrected chi connectivity index (χ0v) is 12.2. The molecule has 0 bridgehead atoms. The van der Waals surface area contributed by atoms with Gasteiger partial charge in [-0.3, -0.25) is 0 Å². The Hall–Kier alpha value is -1.55. The van der Waals surface area contributed by atoms with E-state index in [9.17, 15) is 4.79 Å². The van der Waals surface area contributed by atoms with Crippen molar-refractivity contribution in [2.75, 3.05) is 13.6 Å². The highest BCUT2D eigenvalue weighted by Crippen LogP contribution is 2.27. The molecule has 4 nitrogen and oxygen atoms in total. The number of nitrogens with two attached hydrogens (primary N) is 1. The van der Waals surface area contributed by atoms with Gasteiger partial charge in [-0.15, -0.1) is 0 Å². The molecule has 1 aliphatic carbocycles. The van der Waals surface area contributed by atoms with Gasteiger partial charge < -0.3 is 16.0 Å². The summed E-state index contributed by atoms with van der Waals surface area (Å²) in [5.41, 5.74) is 6.96. The molecule has 2 unspecified atom stereocenters. The number of urea groups is 1. The average molecular weight is 275 g/mol. The molecule has 2 rings (SSSR count). The van der Waals surface area contributed by atoms with Crippen molar-refractivity contribution in [2.24, 2.45) is 11.7 Å². The Morgan fingerprint density at radius 1 is 1.30 bits per heavy atom. The normalized spacial score (nSPS) is 22.3. The zero-order chi connectivity index (χ0) is 14.4. The van der Waals surface area contributed by atoms with Gasteiger partial charge in [0.2, 0.25) is 0 Å². The van der Waals surface area contributed by atoms with Gasteiger partial charge in [0.1, 0.15) is 0 Å². The van der Waals surface area contributed by atoms with Gasteiger partial charge in [-0.05, 0) is 30.9 Å². The van der Waals surface area contributed by atoms with E-state index in [-0.39, 0.29) is 12.1 Å². The molecule has 0 heterocycles. The summed E-state index contributed by atoms with van der Waals surface area (Å²) in [6.45, 7) is 1.24. The zero-order valence-electron chi connectivity index (χ0n) is 12.2. The minimum absolute atomic E-state index is 0.000738. The summed E-state index contributed by atoms with van der Waals surface area (Å²) in [6.07, 6.45) is 4.63. The smallest absolute Gasteiger partial charge is 0.317 e. The summed E-state index contributed by atoms with van der Waals surface area (Å²) in [4.78, 5) is 14.1. The fraction of sp³-hybridized carbons (Fsp3) is 0.562. The Morgan fingerprint density at radius 3 is 2.70 bits per heavy atom. The van der Waals surface area contributed by atoms with Crippen molar-refractivity contribution < 1.29 is 4.79 Å². The molecule has 1 aromatic rings. The van der Waals surface area contributed by atoms with E-state index in [1.807, 2.05) is 42.3 Å². The maximum atomic E-state index is 12.3. The van der Waals surface area contributed by atoms with Crippen LogP contribution in [0, 0.1) is 5.92 Å². The number of amides is 2. The lowest BCUT2D eigenvalue weighted by molar-refractivity contribution is 0.141. The standard InChI is InChI=1S/C16H25N3O/c1-19(15-10-6-5-9-14(15)11-17)16(20)18-12-13-7-3-2-4-8-13/h2-4,7-8,14-15H,5-6,9-12,17H2,1H3,(H,18,20). The molecule has 0 spiro atoms. The summed E-state index contributed by atoms with van der Waals surface area (Å²) in [6, 6.07) is 10.3. The minimum Gasteiger partial charge on any atom is -0.334 e. The van der Waals surface area contributed by atoms with Gasteiger partial charge in [0.25, 0.3) is 0 Å². The van der Waals surface area contributed by atoms with Crippen LogP contribution in [-0.4, -0.2) is 30.6 Å². The molecule has 0 radical (unpaired) electrons. The maximum Gasteiger partial charge on any atom is 0.317 e. The second-order valence-electron chi connectivity index (χ2n) is 5.60. The van der Waals surface area contributed by atoms with Crippen LogP contribution in [0.4, 0.5) is 4.79 Å². The van der Waals surface area contributed by atoms with E-state index in [1.54, 1.807) is 0 Å². The summed E-state index contributed by atoms with van der Waals surface area (Å²) < 4.78 is 0. The Labute approximate surface area is 121 Å². The molecule has 2 atom stereocenters. The summed E-state index contributed by atoms with van der Waals surface area (Å²) in [5, 5.41) is 2.99. The van der Waals surface area contributed by atoms with Crippen LogP contribution in [0.3, 0.4) is 0 Å². The quantitative estimate of drug-likeness (QED) is 0.886. The van der Waals surface area contributed by atoms with Crippen LogP contribution in [-0.2, 0) is 6.54 Å². The van der Waals surface area contributed by atoms with E-state index in [0.29, 0.717) is 19.0 Å². The molecule has 3 N–H and O–H groups in total. The summed E-state index contributed by atoms with van der Waals surface area (Å²) >= 11 is 0. The molecule has 1 aliphatic rings. The van der Waals surface area contributed by atoms with Crippen molar-refractivity contribution in [1.82, 2.24) is 10.2 Å². The Kier molecular flexibility index (Phi) is 5.41. The highest BCUT2D eigenvalue weighted by atomic mass is 16.2. The van der Waals surface area contributed by atoms with Gasteiger partial charge in [0, 0.05) is 19.6 Å². The average Bonchev–Trinajstić information content (AvgIpc) is 2.52. The lowest BCUT2D eigenvalue weighted by Crippen LogP contribution is -2.49. The molecule has 110 valence electrons. The van der Waals surface area contributed by atoms with Crippen molar-refractivity contribution in [3.63, 3.8) is 0 Å². The van der Waals surface area contributed by atoms with Gasteiger partial charge in [0.05, 0.1) is 0 Å². The number of nitrogens with one attached hydrogen (secondary N) is 1. The van der Waals surface area contributed by atoms with Crippen molar-refractivity contribution in [3.05, 3.63) is 35.9 Å². The first-order valence-corrected chi connectivity index (χ1v) is 7.47. The molecule has 0 saturated heterocycles. The third kappa shape index (κ3) is 3.73. The number of carbonyl (C=O) groups is 1. The van der Waals surface area contributed by atoms with Gasteiger partial charge in [-0.25, -0.2) is 4.79 Å². The van der Waals surface area contributed by atoms with Gasteiger partial charge in [-0.1, -0.05) is 43.2 Å². The molecule has 0 aromatic heterocycles. The van der Waals surface area contributed by atoms with Crippen LogP contribution >= 0.6 is 0 Å². The molecule has 1 saturated carbocycles. The fourth-order valence-electron chi connectivity index (χ4n) is 3.02. The highest BCUT2D eigenvalue weighted by Gasteiger charge is 2.29. The third-order valence-corrected chi connectivity index (χ3v) is 4.28. The Balaban J connectivity index is 1.87. The first-order chi connectivity index (χ1) is 9.72. The topological polar surface area (TPSA) is 58.4 Å². The second-order valence-corrected chi connectivity index (χ2v) is 5.60. The number of rotatable bonds is 4. The van der Waals surface area contributed by atoms with Gasteiger partial charge in [-0.2, -0.15) is 0 Å².